The lowest BCUT2D eigenvalue weighted by Gasteiger charge is -2.28. The van der Waals surface area contributed by atoms with E-state index in [1.165, 1.54) is 24.9 Å². The molecule has 0 unspecified atom stereocenters. The Hall–Kier alpha value is -4.23. The van der Waals surface area contributed by atoms with Gasteiger partial charge in [-0.2, -0.15) is 0 Å². The summed E-state index contributed by atoms with van der Waals surface area (Å²) in [7, 11) is 3.93. The van der Waals surface area contributed by atoms with Crippen LogP contribution in [0.4, 0.5) is 23.0 Å². The first-order chi connectivity index (χ1) is 18.5. The van der Waals surface area contributed by atoms with Gasteiger partial charge in [0.25, 0.3) is 0 Å². The maximum Gasteiger partial charge on any atom is 0.248 e. The Morgan fingerprint density at radius 2 is 1.76 bits per heavy atom. The van der Waals surface area contributed by atoms with Gasteiger partial charge >= 0.3 is 0 Å². The summed E-state index contributed by atoms with van der Waals surface area (Å²) in [5.74, 6) is 0.396. The molecule has 3 aromatic carbocycles. The second-order valence-corrected chi connectivity index (χ2v) is 9.89. The lowest BCUT2D eigenvalue weighted by atomic mass is 10.0. The standard InChI is InChI=1S/C31H34N6O/c1-36(2)18-8-13-29(38)33-26-11-6-9-23(21-26)28-12-7-10-24-22-32-31(35-30(24)28)34-25-14-16-27(17-15-25)37-19-4-3-5-20-37/h6-17,21-22H,3-5,18-20H2,1-2H3,(H,33,38)(H,32,34,35). The summed E-state index contributed by atoms with van der Waals surface area (Å²) in [5, 5.41) is 7.27. The Labute approximate surface area is 224 Å². The second kappa shape index (κ2) is 11.9. The van der Waals surface area contributed by atoms with E-state index in [0.29, 0.717) is 12.5 Å². The van der Waals surface area contributed by atoms with E-state index in [1.807, 2.05) is 73.7 Å². The zero-order valence-corrected chi connectivity index (χ0v) is 22.0. The van der Waals surface area contributed by atoms with Crippen molar-refractivity contribution < 1.29 is 4.79 Å². The van der Waals surface area contributed by atoms with Crippen molar-refractivity contribution in [3.63, 3.8) is 0 Å². The molecule has 1 fully saturated rings. The van der Waals surface area contributed by atoms with Crippen LogP contribution in [0.25, 0.3) is 22.0 Å². The molecule has 2 N–H and O–H groups in total. The van der Waals surface area contributed by atoms with Crippen molar-refractivity contribution in [3.8, 4) is 11.1 Å². The minimum atomic E-state index is -0.151. The van der Waals surface area contributed by atoms with E-state index in [2.05, 4.69) is 44.8 Å². The first kappa shape index (κ1) is 25.4. The van der Waals surface area contributed by atoms with Crippen molar-refractivity contribution >= 4 is 39.8 Å². The first-order valence-electron chi connectivity index (χ1n) is 13.2. The van der Waals surface area contributed by atoms with Gasteiger partial charge in [-0.25, -0.2) is 9.97 Å². The molecule has 1 amide bonds. The van der Waals surface area contributed by atoms with Crippen LogP contribution >= 0.6 is 0 Å². The van der Waals surface area contributed by atoms with Gasteiger partial charge in [0.2, 0.25) is 11.9 Å². The van der Waals surface area contributed by atoms with Crippen LogP contribution in [0.15, 0.2) is 85.1 Å². The molecule has 0 spiro atoms. The lowest BCUT2D eigenvalue weighted by Crippen LogP contribution is -2.29. The number of piperidine rings is 1. The summed E-state index contributed by atoms with van der Waals surface area (Å²) in [6, 6.07) is 22.4. The normalized spacial score (nSPS) is 13.8. The van der Waals surface area contributed by atoms with Crippen LogP contribution in [0.2, 0.25) is 0 Å². The molecule has 1 aliphatic heterocycles. The number of amides is 1. The monoisotopic (exact) mass is 506 g/mol. The van der Waals surface area contributed by atoms with E-state index in [4.69, 9.17) is 4.98 Å². The number of hydrogen-bond acceptors (Lipinski definition) is 6. The van der Waals surface area contributed by atoms with Crippen molar-refractivity contribution in [2.24, 2.45) is 0 Å². The van der Waals surface area contributed by atoms with E-state index < -0.39 is 0 Å². The van der Waals surface area contributed by atoms with E-state index in [0.717, 1.165) is 46.5 Å². The summed E-state index contributed by atoms with van der Waals surface area (Å²) >= 11 is 0. The number of rotatable bonds is 8. The molecule has 7 nitrogen and oxygen atoms in total. The average molecular weight is 507 g/mol. The lowest BCUT2D eigenvalue weighted by molar-refractivity contribution is -0.111. The van der Waals surface area contributed by atoms with Crippen LogP contribution in [0.1, 0.15) is 19.3 Å². The fraction of sp³-hybridized carbons (Fsp3) is 0.258. The number of para-hydroxylation sites is 1. The van der Waals surface area contributed by atoms with Gasteiger partial charge in [-0.15, -0.1) is 0 Å². The molecule has 1 saturated heterocycles. The minimum absolute atomic E-state index is 0.151. The molecule has 194 valence electrons. The number of aromatic nitrogens is 2. The Morgan fingerprint density at radius 1 is 0.974 bits per heavy atom. The average Bonchev–Trinajstić information content (AvgIpc) is 2.93. The van der Waals surface area contributed by atoms with Crippen LogP contribution < -0.4 is 15.5 Å². The first-order valence-corrected chi connectivity index (χ1v) is 13.2. The Morgan fingerprint density at radius 3 is 2.55 bits per heavy atom. The van der Waals surface area contributed by atoms with E-state index >= 15 is 0 Å². The van der Waals surface area contributed by atoms with Gasteiger partial charge in [0.1, 0.15) is 0 Å². The zero-order chi connectivity index (χ0) is 26.3. The molecule has 1 aliphatic rings. The summed E-state index contributed by atoms with van der Waals surface area (Å²) in [4.78, 5) is 26.2. The number of benzene rings is 3. The van der Waals surface area contributed by atoms with Gasteiger partial charge in [-0.1, -0.05) is 36.4 Å². The van der Waals surface area contributed by atoms with Gasteiger partial charge in [-0.05, 0) is 75.3 Å². The molecule has 0 atom stereocenters. The van der Waals surface area contributed by atoms with Crippen LogP contribution in [0.3, 0.4) is 0 Å². The van der Waals surface area contributed by atoms with Crippen molar-refractivity contribution in [2.45, 2.75) is 19.3 Å². The fourth-order valence-electron chi connectivity index (χ4n) is 4.70. The van der Waals surface area contributed by atoms with Gasteiger partial charge in [-0.3, -0.25) is 4.79 Å². The number of carbonyl (C=O) groups is 1. The number of hydrogen-bond donors (Lipinski definition) is 2. The third-order valence-corrected chi connectivity index (χ3v) is 6.64. The van der Waals surface area contributed by atoms with E-state index in [-0.39, 0.29) is 5.91 Å². The van der Waals surface area contributed by atoms with E-state index in [9.17, 15) is 4.79 Å². The van der Waals surface area contributed by atoms with E-state index in [1.54, 1.807) is 6.08 Å². The minimum Gasteiger partial charge on any atom is -0.372 e. The van der Waals surface area contributed by atoms with Crippen molar-refractivity contribution in [3.05, 3.63) is 85.1 Å². The SMILES string of the molecule is CN(C)CC=CC(=O)Nc1cccc(-c2cccc3cnc(Nc4ccc(N5CCCCC5)cc4)nc23)c1. The maximum absolute atomic E-state index is 12.3. The zero-order valence-electron chi connectivity index (χ0n) is 22.0. The number of carbonyl (C=O) groups excluding carboxylic acids is 1. The molecular weight excluding hydrogens is 472 g/mol. The largest absolute Gasteiger partial charge is 0.372 e. The molecule has 0 radical (unpaired) electrons. The predicted molar refractivity (Wildman–Crippen MR) is 157 cm³/mol. The van der Waals surface area contributed by atoms with Crippen LogP contribution in [-0.4, -0.2) is 54.5 Å². The topological polar surface area (TPSA) is 73.4 Å². The Bertz CT molecular complexity index is 1420. The maximum atomic E-state index is 12.3. The highest BCUT2D eigenvalue weighted by molar-refractivity contribution is 6.00. The third-order valence-electron chi connectivity index (χ3n) is 6.64. The molecule has 38 heavy (non-hydrogen) atoms. The molecule has 4 aromatic rings. The van der Waals surface area contributed by atoms with Crippen molar-refractivity contribution in [1.82, 2.24) is 14.9 Å². The van der Waals surface area contributed by atoms with Gasteiger partial charge in [0, 0.05) is 59.9 Å². The second-order valence-electron chi connectivity index (χ2n) is 9.89. The molecular formula is C31H34N6O. The van der Waals surface area contributed by atoms with Crippen molar-refractivity contribution in [2.75, 3.05) is 49.3 Å². The molecule has 0 saturated carbocycles. The number of nitrogens with one attached hydrogen (secondary N) is 2. The fourth-order valence-corrected chi connectivity index (χ4v) is 4.70. The summed E-state index contributed by atoms with van der Waals surface area (Å²) < 4.78 is 0. The van der Waals surface area contributed by atoms with Crippen LogP contribution in [0, 0.1) is 0 Å². The van der Waals surface area contributed by atoms with Gasteiger partial charge < -0.3 is 20.4 Å². The molecule has 0 aliphatic carbocycles. The van der Waals surface area contributed by atoms with Gasteiger partial charge in [0.05, 0.1) is 5.52 Å². The third kappa shape index (κ3) is 6.36. The van der Waals surface area contributed by atoms with Crippen molar-refractivity contribution in [1.29, 1.82) is 0 Å². The number of nitrogens with zero attached hydrogens (tertiary/aromatic N) is 4. The number of fused-ring (bicyclic) bond motifs is 1. The molecule has 1 aromatic heterocycles. The smallest absolute Gasteiger partial charge is 0.248 e. The van der Waals surface area contributed by atoms with Crippen LogP contribution in [-0.2, 0) is 4.79 Å². The molecule has 0 bridgehead atoms. The summed E-state index contributed by atoms with van der Waals surface area (Å²) in [5.41, 5.74) is 5.75. The molecule has 5 rings (SSSR count). The quantitative estimate of drug-likeness (QED) is 0.282. The van der Waals surface area contributed by atoms with Crippen LogP contribution in [0.5, 0.6) is 0 Å². The Balaban J connectivity index is 1.35. The molecule has 2 heterocycles. The highest BCUT2D eigenvalue weighted by atomic mass is 16.1. The Kier molecular flexibility index (Phi) is 7.95. The number of anilines is 4. The van der Waals surface area contributed by atoms with Gasteiger partial charge in [0.15, 0.2) is 0 Å². The highest BCUT2D eigenvalue weighted by Gasteiger charge is 2.12. The summed E-state index contributed by atoms with van der Waals surface area (Å²) in [6.07, 6.45) is 9.10. The number of likely N-dealkylation sites (N-methyl/N-ethyl adjacent to an activating group) is 1. The molecule has 7 heteroatoms. The predicted octanol–water partition coefficient (Wildman–Crippen LogP) is 6.09. The highest BCUT2D eigenvalue weighted by Crippen LogP contribution is 2.30. The summed E-state index contributed by atoms with van der Waals surface area (Å²) in [6.45, 7) is 2.96.